The minimum Gasteiger partial charge on any atom is -0.494 e. The van der Waals surface area contributed by atoms with Crippen molar-refractivity contribution in [2.75, 3.05) is 19.7 Å². The summed E-state index contributed by atoms with van der Waals surface area (Å²) in [6, 6.07) is 12.7. The zero-order valence-corrected chi connectivity index (χ0v) is 15.8. The van der Waals surface area contributed by atoms with Gasteiger partial charge in [-0.3, -0.25) is 0 Å². The summed E-state index contributed by atoms with van der Waals surface area (Å²) in [6.07, 6.45) is 5.69. The van der Waals surface area contributed by atoms with Gasteiger partial charge in [0.25, 0.3) is 0 Å². The van der Waals surface area contributed by atoms with Gasteiger partial charge in [-0.25, -0.2) is 0 Å². The molecule has 0 atom stereocenters. The molecule has 2 N–H and O–H groups in total. The third kappa shape index (κ3) is 4.08. The van der Waals surface area contributed by atoms with Crippen LogP contribution in [0.5, 0.6) is 5.75 Å². The summed E-state index contributed by atoms with van der Waals surface area (Å²) in [5, 5.41) is 20.0. The van der Waals surface area contributed by atoms with Crippen LogP contribution in [0.3, 0.4) is 0 Å². The summed E-state index contributed by atoms with van der Waals surface area (Å²) in [5.74, 6) is 1.38. The maximum atomic E-state index is 9.91. The predicted molar refractivity (Wildman–Crippen MR) is 107 cm³/mol. The Hall–Kier alpha value is -2.53. The summed E-state index contributed by atoms with van der Waals surface area (Å²) in [5.41, 5.74) is 3.35. The van der Waals surface area contributed by atoms with E-state index in [1.807, 2.05) is 6.07 Å². The van der Waals surface area contributed by atoms with E-state index in [1.165, 1.54) is 21.9 Å². The second-order valence-electron chi connectivity index (χ2n) is 7.34. The molecule has 0 amide bonds. The topological polar surface area (TPSA) is 59.3 Å². The van der Waals surface area contributed by atoms with Gasteiger partial charge in [-0.05, 0) is 66.7 Å². The van der Waals surface area contributed by atoms with Crippen LogP contribution in [0.1, 0.15) is 48.9 Å². The van der Waals surface area contributed by atoms with Gasteiger partial charge < -0.3 is 15.3 Å². The molecule has 1 saturated heterocycles. The lowest BCUT2D eigenvalue weighted by Gasteiger charge is -2.22. The molecule has 142 valence electrons. The first-order valence-corrected chi connectivity index (χ1v) is 9.87. The maximum absolute atomic E-state index is 9.91. The van der Waals surface area contributed by atoms with Crippen molar-refractivity contribution in [3.63, 3.8) is 0 Å². The van der Waals surface area contributed by atoms with E-state index in [4.69, 9.17) is 4.74 Å². The SMILES string of the molecule is CCCOc1ccc2ccc(Cc3nn(O)cc3C3CCNCC3)cc2c1. The molecule has 0 radical (unpaired) electrons. The molecular formula is C22H27N3O2. The van der Waals surface area contributed by atoms with Gasteiger partial charge in [0, 0.05) is 12.0 Å². The lowest BCUT2D eigenvalue weighted by Crippen LogP contribution is -2.26. The molecule has 2 aromatic carbocycles. The fourth-order valence-corrected chi connectivity index (χ4v) is 3.91. The highest BCUT2D eigenvalue weighted by Gasteiger charge is 2.21. The van der Waals surface area contributed by atoms with Crippen LogP contribution in [-0.2, 0) is 6.42 Å². The molecule has 27 heavy (non-hydrogen) atoms. The number of aromatic nitrogens is 2. The molecule has 0 unspecified atom stereocenters. The largest absolute Gasteiger partial charge is 0.494 e. The van der Waals surface area contributed by atoms with Crippen LogP contribution in [-0.4, -0.2) is 34.8 Å². The molecule has 0 aliphatic carbocycles. The fraction of sp³-hybridized carbons (Fsp3) is 0.409. The fourth-order valence-electron chi connectivity index (χ4n) is 3.91. The quantitative estimate of drug-likeness (QED) is 0.645. The van der Waals surface area contributed by atoms with Crippen molar-refractivity contribution >= 4 is 10.8 Å². The molecule has 1 aromatic heterocycles. The Bertz CT molecular complexity index is 913. The van der Waals surface area contributed by atoms with Crippen molar-refractivity contribution in [2.45, 2.75) is 38.5 Å². The van der Waals surface area contributed by atoms with Gasteiger partial charge in [-0.15, -0.1) is 9.94 Å². The van der Waals surface area contributed by atoms with Crippen molar-refractivity contribution in [1.82, 2.24) is 15.3 Å². The third-order valence-corrected chi connectivity index (χ3v) is 5.31. The average molecular weight is 365 g/mol. The summed E-state index contributed by atoms with van der Waals surface area (Å²) in [7, 11) is 0. The first-order valence-electron chi connectivity index (χ1n) is 9.87. The second kappa shape index (κ2) is 8.01. The van der Waals surface area contributed by atoms with Gasteiger partial charge in [0.05, 0.1) is 18.5 Å². The molecule has 1 aliphatic heterocycles. The van der Waals surface area contributed by atoms with E-state index in [0.717, 1.165) is 61.7 Å². The van der Waals surface area contributed by atoms with Crippen LogP contribution in [0.4, 0.5) is 0 Å². The number of rotatable bonds is 6. The standard InChI is InChI=1S/C22H27N3O2/c1-2-11-27-20-6-5-17-4-3-16(12-19(17)14-20)13-22-21(15-25(26)24-22)18-7-9-23-10-8-18/h3-6,12,14-15,18,23,26H,2,7-11,13H2,1H3. The maximum Gasteiger partial charge on any atom is 0.119 e. The molecule has 1 fully saturated rings. The zero-order chi connectivity index (χ0) is 18.6. The van der Waals surface area contributed by atoms with E-state index in [2.05, 4.69) is 47.7 Å². The molecule has 2 heterocycles. The molecule has 5 heteroatoms. The number of hydrogen-bond donors (Lipinski definition) is 2. The molecule has 0 saturated carbocycles. The average Bonchev–Trinajstić information content (AvgIpc) is 3.06. The number of piperidine rings is 1. The van der Waals surface area contributed by atoms with Crippen LogP contribution in [0, 0.1) is 0 Å². The number of nitrogens with one attached hydrogen (secondary N) is 1. The van der Waals surface area contributed by atoms with Crippen molar-refractivity contribution in [3.05, 3.63) is 59.4 Å². The van der Waals surface area contributed by atoms with E-state index >= 15 is 0 Å². The van der Waals surface area contributed by atoms with Crippen LogP contribution >= 0.6 is 0 Å². The Morgan fingerprint density at radius 2 is 1.96 bits per heavy atom. The summed E-state index contributed by atoms with van der Waals surface area (Å²) < 4.78 is 5.77. The number of nitrogens with zero attached hydrogens (tertiary/aromatic N) is 2. The van der Waals surface area contributed by atoms with Crippen LogP contribution in [0.25, 0.3) is 10.8 Å². The molecule has 4 rings (SSSR count). The summed E-state index contributed by atoms with van der Waals surface area (Å²) in [4.78, 5) is 0.977. The Kier molecular flexibility index (Phi) is 5.30. The number of fused-ring (bicyclic) bond motifs is 1. The van der Waals surface area contributed by atoms with Crippen LogP contribution in [0.2, 0.25) is 0 Å². The van der Waals surface area contributed by atoms with Crippen LogP contribution in [0.15, 0.2) is 42.6 Å². The highest BCUT2D eigenvalue weighted by atomic mass is 16.5. The van der Waals surface area contributed by atoms with Gasteiger partial charge >= 0.3 is 0 Å². The van der Waals surface area contributed by atoms with Crippen molar-refractivity contribution in [1.29, 1.82) is 0 Å². The molecule has 0 bridgehead atoms. The van der Waals surface area contributed by atoms with Gasteiger partial charge in [0.15, 0.2) is 0 Å². The molecular weight excluding hydrogens is 338 g/mol. The molecule has 0 spiro atoms. The smallest absolute Gasteiger partial charge is 0.119 e. The van der Waals surface area contributed by atoms with E-state index in [-0.39, 0.29) is 0 Å². The first-order chi connectivity index (χ1) is 13.2. The van der Waals surface area contributed by atoms with Gasteiger partial charge in [-0.2, -0.15) is 0 Å². The van der Waals surface area contributed by atoms with E-state index in [9.17, 15) is 5.21 Å². The van der Waals surface area contributed by atoms with E-state index < -0.39 is 0 Å². The lowest BCUT2D eigenvalue weighted by atomic mass is 9.89. The molecule has 3 aromatic rings. The lowest BCUT2D eigenvalue weighted by molar-refractivity contribution is 0.147. The van der Waals surface area contributed by atoms with E-state index in [1.54, 1.807) is 6.20 Å². The molecule has 5 nitrogen and oxygen atoms in total. The Morgan fingerprint density at radius 3 is 2.78 bits per heavy atom. The number of hydrogen-bond acceptors (Lipinski definition) is 4. The number of ether oxygens (including phenoxy) is 1. The minimum atomic E-state index is 0.469. The Balaban J connectivity index is 1.59. The highest BCUT2D eigenvalue weighted by molar-refractivity contribution is 5.84. The number of benzene rings is 2. The van der Waals surface area contributed by atoms with Gasteiger partial charge in [0.1, 0.15) is 5.75 Å². The van der Waals surface area contributed by atoms with Gasteiger partial charge in [-0.1, -0.05) is 31.2 Å². The van der Waals surface area contributed by atoms with Crippen molar-refractivity contribution in [3.8, 4) is 5.75 Å². The highest BCUT2D eigenvalue weighted by Crippen LogP contribution is 2.29. The van der Waals surface area contributed by atoms with Gasteiger partial charge in [0.2, 0.25) is 0 Å². The second-order valence-corrected chi connectivity index (χ2v) is 7.34. The Morgan fingerprint density at radius 1 is 1.15 bits per heavy atom. The third-order valence-electron chi connectivity index (χ3n) is 5.31. The molecule has 1 aliphatic rings. The monoisotopic (exact) mass is 365 g/mol. The Labute approximate surface area is 159 Å². The van der Waals surface area contributed by atoms with Crippen LogP contribution < -0.4 is 10.1 Å². The normalized spacial score (nSPS) is 15.3. The first kappa shape index (κ1) is 17.9. The minimum absolute atomic E-state index is 0.469. The summed E-state index contributed by atoms with van der Waals surface area (Å²) in [6.45, 7) is 4.90. The summed E-state index contributed by atoms with van der Waals surface area (Å²) >= 11 is 0. The van der Waals surface area contributed by atoms with E-state index in [0.29, 0.717) is 5.92 Å². The zero-order valence-electron chi connectivity index (χ0n) is 15.8. The van der Waals surface area contributed by atoms with Crippen molar-refractivity contribution in [2.24, 2.45) is 0 Å². The predicted octanol–water partition coefficient (Wildman–Crippen LogP) is 4.12. The van der Waals surface area contributed by atoms with Crippen molar-refractivity contribution < 1.29 is 9.94 Å².